The molecule has 0 N–H and O–H groups in total. The topological polar surface area (TPSA) is 69.7 Å². The second-order valence-electron chi connectivity index (χ2n) is 4.79. The van der Waals surface area contributed by atoms with Crippen LogP contribution in [-0.2, 0) is 13.8 Å². The van der Waals surface area contributed by atoms with Gasteiger partial charge in [0.1, 0.15) is 5.75 Å². The van der Waals surface area contributed by atoms with Crippen LogP contribution < -0.4 is 4.74 Å². The molecule has 0 saturated carbocycles. The molecule has 1 rings (SSSR count). The monoisotopic (exact) mass is 334 g/mol. The van der Waals surface area contributed by atoms with Crippen molar-refractivity contribution in [1.82, 2.24) is 0 Å². The van der Waals surface area contributed by atoms with Crippen LogP contribution in [0.15, 0.2) is 24.3 Å². The Labute approximate surface area is 129 Å². The Morgan fingerprint density at radius 1 is 1.24 bits per heavy atom. The van der Waals surface area contributed by atoms with Crippen LogP contribution in [0.4, 0.5) is 0 Å². The predicted molar refractivity (Wildman–Crippen MR) is 81.3 cm³/mol. The van der Waals surface area contributed by atoms with Crippen molar-refractivity contribution >= 4 is 25.7 Å². The fourth-order valence-electron chi connectivity index (χ4n) is 1.67. The molecule has 5 nitrogen and oxygen atoms in total. The van der Waals surface area contributed by atoms with Gasteiger partial charge in [-0.15, -0.1) is 0 Å². The third kappa shape index (κ3) is 7.34. The number of carbonyl (C=O) groups is 1. The van der Waals surface area contributed by atoms with Crippen LogP contribution in [0.1, 0.15) is 30.1 Å². The van der Waals surface area contributed by atoms with Crippen molar-refractivity contribution in [2.45, 2.75) is 19.8 Å². The number of benzene rings is 1. The summed E-state index contributed by atoms with van der Waals surface area (Å²) in [5.74, 6) is 0.439. The number of hydrogen-bond donors (Lipinski definition) is 0. The molecule has 0 aliphatic rings. The molecule has 0 bridgehead atoms. The highest BCUT2D eigenvalue weighted by atomic mass is 35.7. The van der Waals surface area contributed by atoms with E-state index in [4.69, 9.17) is 15.4 Å². The van der Waals surface area contributed by atoms with Gasteiger partial charge in [0.05, 0.1) is 25.0 Å². The van der Waals surface area contributed by atoms with Gasteiger partial charge >= 0.3 is 5.97 Å². The van der Waals surface area contributed by atoms with Crippen LogP contribution in [0.5, 0.6) is 5.75 Å². The van der Waals surface area contributed by atoms with E-state index < -0.39 is 15.0 Å². The third-order valence-corrected chi connectivity index (χ3v) is 4.20. The van der Waals surface area contributed by atoms with E-state index in [0.717, 1.165) is 6.42 Å². The Balaban J connectivity index is 2.34. The fraction of sp³-hybridized carbons (Fsp3) is 0.500. The lowest BCUT2D eigenvalue weighted by Crippen LogP contribution is -2.08. The molecule has 1 unspecified atom stereocenters. The molecule has 0 amide bonds. The van der Waals surface area contributed by atoms with Gasteiger partial charge in [0, 0.05) is 10.7 Å². The Bertz CT molecular complexity index is 553. The number of halogens is 1. The van der Waals surface area contributed by atoms with E-state index >= 15 is 0 Å². The third-order valence-electron chi connectivity index (χ3n) is 3.01. The van der Waals surface area contributed by atoms with Crippen LogP contribution >= 0.6 is 10.7 Å². The quantitative estimate of drug-likeness (QED) is 0.540. The van der Waals surface area contributed by atoms with Gasteiger partial charge in [0.25, 0.3) is 0 Å². The molecule has 1 aromatic rings. The first-order valence-electron chi connectivity index (χ1n) is 6.55. The van der Waals surface area contributed by atoms with Crippen LogP contribution in [0.3, 0.4) is 0 Å². The van der Waals surface area contributed by atoms with Crippen molar-refractivity contribution < 1.29 is 22.7 Å². The number of rotatable bonds is 8. The van der Waals surface area contributed by atoms with Crippen LogP contribution in [0.25, 0.3) is 0 Å². The van der Waals surface area contributed by atoms with E-state index in [9.17, 15) is 13.2 Å². The zero-order valence-electron chi connectivity index (χ0n) is 12.0. The van der Waals surface area contributed by atoms with Crippen LogP contribution in [0, 0.1) is 5.92 Å². The summed E-state index contributed by atoms with van der Waals surface area (Å²) in [6.45, 7) is 2.42. The van der Waals surface area contributed by atoms with Gasteiger partial charge in [-0.05, 0) is 43.0 Å². The molecule has 1 atom stereocenters. The molecule has 0 fully saturated rings. The van der Waals surface area contributed by atoms with Crippen molar-refractivity contribution in [3.05, 3.63) is 29.8 Å². The minimum Gasteiger partial charge on any atom is -0.494 e. The maximum absolute atomic E-state index is 11.3. The average Bonchev–Trinajstić information content (AvgIpc) is 2.44. The van der Waals surface area contributed by atoms with Crippen molar-refractivity contribution in [1.29, 1.82) is 0 Å². The lowest BCUT2D eigenvalue weighted by molar-refractivity contribution is 0.0600. The number of ether oxygens (including phenoxy) is 2. The van der Waals surface area contributed by atoms with Gasteiger partial charge in [-0.3, -0.25) is 0 Å². The Morgan fingerprint density at radius 2 is 1.86 bits per heavy atom. The Hall–Kier alpha value is -1.27. The van der Waals surface area contributed by atoms with Crippen LogP contribution in [0.2, 0.25) is 0 Å². The number of methoxy groups -OCH3 is 1. The van der Waals surface area contributed by atoms with Crippen molar-refractivity contribution in [3.8, 4) is 5.75 Å². The van der Waals surface area contributed by atoms with Gasteiger partial charge < -0.3 is 9.47 Å². The lowest BCUT2D eigenvalue weighted by Gasteiger charge is -2.11. The standard InChI is InChI=1S/C14H19ClO5S/c1-11(8-10-21(15,17)18)7-9-20-13-5-3-12(4-6-13)14(16)19-2/h3-6,11H,7-10H2,1-2H3. The maximum Gasteiger partial charge on any atom is 0.337 e. The van der Waals surface area contributed by atoms with Crippen molar-refractivity contribution in [2.75, 3.05) is 19.5 Å². The van der Waals surface area contributed by atoms with Gasteiger partial charge in [-0.25, -0.2) is 13.2 Å². The van der Waals surface area contributed by atoms with E-state index in [2.05, 4.69) is 4.74 Å². The minimum absolute atomic E-state index is 0.0243. The molecule has 1 aromatic carbocycles. The lowest BCUT2D eigenvalue weighted by atomic mass is 10.1. The molecule has 0 aromatic heterocycles. The Kier molecular flexibility index (Phi) is 6.98. The highest BCUT2D eigenvalue weighted by Gasteiger charge is 2.10. The predicted octanol–water partition coefficient (Wildman–Crippen LogP) is 2.84. The molecule has 0 heterocycles. The second-order valence-corrected chi connectivity index (χ2v) is 7.69. The second kappa shape index (κ2) is 8.24. The number of carbonyl (C=O) groups excluding carboxylic acids is 1. The maximum atomic E-state index is 11.3. The summed E-state index contributed by atoms with van der Waals surface area (Å²) in [5, 5.41) is 0. The normalized spacial score (nSPS) is 12.7. The summed E-state index contributed by atoms with van der Waals surface area (Å²) in [7, 11) is 3.07. The molecular formula is C14H19ClO5S. The summed E-state index contributed by atoms with van der Waals surface area (Å²) in [4.78, 5) is 11.3. The zero-order chi connectivity index (χ0) is 15.9. The average molecular weight is 335 g/mol. The van der Waals surface area contributed by atoms with Crippen LogP contribution in [-0.4, -0.2) is 33.9 Å². The summed E-state index contributed by atoms with van der Waals surface area (Å²) in [6.07, 6.45) is 1.24. The van der Waals surface area contributed by atoms with Crippen molar-refractivity contribution in [3.63, 3.8) is 0 Å². The zero-order valence-corrected chi connectivity index (χ0v) is 13.6. The van der Waals surface area contributed by atoms with Gasteiger partial charge in [0.2, 0.25) is 9.05 Å². The summed E-state index contributed by atoms with van der Waals surface area (Å²) < 4.78 is 31.8. The molecule has 7 heteroatoms. The summed E-state index contributed by atoms with van der Waals surface area (Å²) >= 11 is 0. The molecule has 118 valence electrons. The van der Waals surface area contributed by atoms with E-state index in [1.165, 1.54) is 7.11 Å². The number of hydrogen-bond acceptors (Lipinski definition) is 5. The van der Waals surface area contributed by atoms with Gasteiger partial charge in [-0.2, -0.15) is 0 Å². The molecule has 0 aliphatic heterocycles. The molecule has 0 saturated heterocycles. The van der Waals surface area contributed by atoms with E-state index in [1.807, 2.05) is 6.92 Å². The smallest absolute Gasteiger partial charge is 0.337 e. The minimum atomic E-state index is -3.42. The highest BCUT2D eigenvalue weighted by Crippen LogP contribution is 2.15. The fourth-order valence-corrected chi connectivity index (χ4v) is 2.62. The van der Waals surface area contributed by atoms with E-state index in [0.29, 0.717) is 24.3 Å². The molecular weight excluding hydrogens is 316 g/mol. The first kappa shape index (κ1) is 17.8. The largest absolute Gasteiger partial charge is 0.494 e. The summed E-state index contributed by atoms with van der Waals surface area (Å²) in [5.41, 5.74) is 0.463. The van der Waals surface area contributed by atoms with E-state index in [1.54, 1.807) is 24.3 Å². The van der Waals surface area contributed by atoms with Crippen molar-refractivity contribution in [2.24, 2.45) is 5.92 Å². The van der Waals surface area contributed by atoms with Gasteiger partial charge in [0.15, 0.2) is 0 Å². The first-order chi connectivity index (χ1) is 9.81. The molecule has 21 heavy (non-hydrogen) atoms. The Morgan fingerprint density at radius 3 is 2.38 bits per heavy atom. The highest BCUT2D eigenvalue weighted by molar-refractivity contribution is 8.13. The SMILES string of the molecule is COC(=O)c1ccc(OCCC(C)CCS(=O)(=O)Cl)cc1. The summed E-state index contributed by atoms with van der Waals surface area (Å²) in [6, 6.07) is 6.65. The molecule has 0 aliphatic carbocycles. The number of esters is 1. The molecule has 0 radical (unpaired) electrons. The first-order valence-corrected chi connectivity index (χ1v) is 9.03. The van der Waals surface area contributed by atoms with Gasteiger partial charge in [-0.1, -0.05) is 6.92 Å². The van der Waals surface area contributed by atoms with E-state index in [-0.39, 0.29) is 11.7 Å². The molecule has 0 spiro atoms.